The molecule has 0 radical (unpaired) electrons. The molecule has 23 heavy (non-hydrogen) atoms. The fraction of sp³-hybridized carbons (Fsp3) is 0.312. The van der Waals surface area contributed by atoms with E-state index in [1.807, 2.05) is 6.92 Å². The molecule has 2 heterocycles. The number of aromatic nitrogens is 2. The van der Waals surface area contributed by atoms with E-state index < -0.39 is 5.82 Å². The normalized spacial score (nSPS) is 18.0. The molecule has 1 N–H and O–H groups in total. The first-order valence-corrected chi connectivity index (χ1v) is 7.44. The molecule has 7 heteroatoms. The van der Waals surface area contributed by atoms with Crippen molar-refractivity contribution in [3.63, 3.8) is 0 Å². The predicted octanol–water partition coefficient (Wildman–Crippen LogP) is 0.805. The Labute approximate surface area is 132 Å². The molecule has 1 atom stereocenters. The summed E-state index contributed by atoms with van der Waals surface area (Å²) < 4.78 is 14.1. The van der Waals surface area contributed by atoms with Crippen LogP contribution in [0.1, 0.15) is 17.4 Å². The SMILES string of the molecule is CC1CNCCN1C(=O)c1ccc(=O)n(-c2ccc(F)cc2)n1. The van der Waals surface area contributed by atoms with Crippen molar-refractivity contribution in [1.82, 2.24) is 20.0 Å². The number of amides is 1. The molecule has 1 aromatic heterocycles. The van der Waals surface area contributed by atoms with E-state index in [9.17, 15) is 14.0 Å². The second-order valence-electron chi connectivity index (χ2n) is 5.50. The summed E-state index contributed by atoms with van der Waals surface area (Å²) in [5.74, 6) is -0.612. The van der Waals surface area contributed by atoms with Gasteiger partial charge in [0.2, 0.25) is 0 Å². The monoisotopic (exact) mass is 316 g/mol. The Hall–Kier alpha value is -2.54. The van der Waals surface area contributed by atoms with Crippen LogP contribution >= 0.6 is 0 Å². The van der Waals surface area contributed by atoms with E-state index in [0.29, 0.717) is 12.2 Å². The van der Waals surface area contributed by atoms with Crippen LogP contribution in [-0.2, 0) is 0 Å². The van der Waals surface area contributed by atoms with E-state index in [4.69, 9.17) is 0 Å². The van der Waals surface area contributed by atoms with Gasteiger partial charge in [0.05, 0.1) is 5.69 Å². The number of nitrogens with zero attached hydrogens (tertiary/aromatic N) is 3. The number of nitrogens with one attached hydrogen (secondary N) is 1. The van der Waals surface area contributed by atoms with Gasteiger partial charge in [0.25, 0.3) is 11.5 Å². The lowest BCUT2D eigenvalue weighted by molar-refractivity contribution is 0.0647. The van der Waals surface area contributed by atoms with E-state index in [2.05, 4.69) is 10.4 Å². The zero-order valence-electron chi connectivity index (χ0n) is 12.7. The van der Waals surface area contributed by atoms with Crippen LogP contribution in [0.3, 0.4) is 0 Å². The summed E-state index contributed by atoms with van der Waals surface area (Å²) in [4.78, 5) is 26.3. The third kappa shape index (κ3) is 3.14. The van der Waals surface area contributed by atoms with E-state index in [1.54, 1.807) is 4.90 Å². The van der Waals surface area contributed by atoms with Gasteiger partial charge in [-0.25, -0.2) is 4.39 Å². The Balaban J connectivity index is 1.95. The lowest BCUT2D eigenvalue weighted by Crippen LogP contribution is -2.52. The van der Waals surface area contributed by atoms with Crippen molar-refractivity contribution in [2.75, 3.05) is 19.6 Å². The summed E-state index contributed by atoms with van der Waals surface area (Å²) in [6.45, 7) is 4.01. The smallest absolute Gasteiger partial charge is 0.274 e. The highest BCUT2D eigenvalue weighted by Gasteiger charge is 2.25. The molecule has 1 saturated heterocycles. The quantitative estimate of drug-likeness (QED) is 0.890. The van der Waals surface area contributed by atoms with Crippen LogP contribution in [0.25, 0.3) is 5.69 Å². The highest BCUT2D eigenvalue weighted by atomic mass is 19.1. The molecule has 1 aliphatic heterocycles. The predicted molar refractivity (Wildman–Crippen MR) is 83.2 cm³/mol. The molecule has 1 aromatic carbocycles. The van der Waals surface area contributed by atoms with Gasteiger partial charge in [-0.05, 0) is 37.3 Å². The Bertz CT molecular complexity index is 772. The molecule has 1 unspecified atom stereocenters. The number of hydrogen-bond donors (Lipinski definition) is 1. The van der Waals surface area contributed by atoms with Gasteiger partial charge >= 0.3 is 0 Å². The summed E-state index contributed by atoms with van der Waals surface area (Å²) in [6.07, 6.45) is 0. The maximum Gasteiger partial charge on any atom is 0.274 e. The fourth-order valence-electron chi connectivity index (χ4n) is 2.58. The second-order valence-corrected chi connectivity index (χ2v) is 5.50. The summed E-state index contributed by atoms with van der Waals surface area (Å²) in [6, 6.07) is 8.18. The molecule has 120 valence electrons. The van der Waals surface area contributed by atoms with Crippen LogP contribution in [0.15, 0.2) is 41.2 Å². The number of benzene rings is 1. The number of carbonyl (C=O) groups excluding carboxylic acids is 1. The van der Waals surface area contributed by atoms with Crippen LogP contribution in [0.4, 0.5) is 4.39 Å². The third-order valence-electron chi connectivity index (χ3n) is 3.85. The summed E-state index contributed by atoms with van der Waals surface area (Å²) in [7, 11) is 0. The molecule has 0 spiro atoms. The number of rotatable bonds is 2. The minimum absolute atomic E-state index is 0.0595. The topological polar surface area (TPSA) is 67.2 Å². The van der Waals surface area contributed by atoms with Crippen LogP contribution in [0.5, 0.6) is 0 Å². The fourth-order valence-corrected chi connectivity index (χ4v) is 2.58. The molecule has 1 fully saturated rings. The minimum atomic E-state index is -0.399. The molecular weight excluding hydrogens is 299 g/mol. The molecule has 2 aromatic rings. The largest absolute Gasteiger partial charge is 0.332 e. The average molecular weight is 316 g/mol. The highest BCUT2D eigenvalue weighted by Crippen LogP contribution is 2.10. The first kappa shape index (κ1) is 15.4. The number of hydrogen-bond acceptors (Lipinski definition) is 4. The van der Waals surface area contributed by atoms with Gasteiger partial charge in [-0.15, -0.1) is 0 Å². The van der Waals surface area contributed by atoms with Crippen molar-refractivity contribution in [2.24, 2.45) is 0 Å². The van der Waals surface area contributed by atoms with E-state index >= 15 is 0 Å². The zero-order valence-corrected chi connectivity index (χ0v) is 12.7. The zero-order chi connectivity index (χ0) is 16.4. The van der Waals surface area contributed by atoms with Gasteiger partial charge in [-0.3, -0.25) is 9.59 Å². The third-order valence-corrected chi connectivity index (χ3v) is 3.85. The minimum Gasteiger partial charge on any atom is -0.332 e. The van der Waals surface area contributed by atoms with Crippen molar-refractivity contribution < 1.29 is 9.18 Å². The van der Waals surface area contributed by atoms with Crippen LogP contribution < -0.4 is 10.9 Å². The van der Waals surface area contributed by atoms with Gasteiger partial charge in [-0.1, -0.05) is 0 Å². The first-order chi connectivity index (χ1) is 11.1. The van der Waals surface area contributed by atoms with Crippen LogP contribution in [-0.4, -0.2) is 46.3 Å². The molecule has 1 amide bonds. The number of piperazine rings is 1. The second kappa shape index (κ2) is 6.29. The van der Waals surface area contributed by atoms with Crippen LogP contribution in [0, 0.1) is 5.82 Å². The van der Waals surface area contributed by atoms with Gasteiger partial charge in [0, 0.05) is 31.7 Å². The number of halogens is 1. The average Bonchev–Trinajstić information content (AvgIpc) is 2.56. The molecule has 0 bridgehead atoms. The molecule has 0 aliphatic carbocycles. The lowest BCUT2D eigenvalue weighted by atomic mass is 10.2. The van der Waals surface area contributed by atoms with Crippen molar-refractivity contribution >= 4 is 5.91 Å². The lowest BCUT2D eigenvalue weighted by Gasteiger charge is -2.33. The Kier molecular flexibility index (Phi) is 4.20. The maximum absolute atomic E-state index is 13.0. The van der Waals surface area contributed by atoms with E-state index in [0.717, 1.165) is 17.8 Å². The van der Waals surface area contributed by atoms with Gasteiger partial charge in [0.1, 0.15) is 11.5 Å². The molecular formula is C16H17FN4O2. The van der Waals surface area contributed by atoms with Gasteiger partial charge < -0.3 is 10.2 Å². The molecule has 3 rings (SSSR count). The number of carbonyl (C=O) groups is 1. The van der Waals surface area contributed by atoms with Crippen molar-refractivity contribution in [3.8, 4) is 5.69 Å². The van der Waals surface area contributed by atoms with Crippen molar-refractivity contribution in [3.05, 3.63) is 58.3 Å². The Morgan fingerprint density at radius 1 is 1.26 bits per heavy atom. The Morgan fingerprint density at radius 3 is 2.70 bits per heavy atom. The summed E-state index contributed by atoms with van der Waals surface area (Å²) >= 11 is 0. The molecule has 1 aliphatic rings. The molecule has 0 saturated carbocycles. The van der Waals surface area contributed by atoms with E-state index in [1.165, 1.54) is 36.4 Å². The standard InChI is InChI=1S/C16H17FN4O2/c1-11-10-18-8-9-20(11)16(23)14-6-7-15(22)21(19-14)13-4-2-12(17)3-5-13/h2-7,11,18H,8-10H2,1H3. The Morgan fingerprint density at radius 2 is 2.00 bits per heavy atom. The van der Waals surface area contributed by atoms with Crippen LogP contribution in [0.2, 0.25) is 0 Å². The van der Waals surface area contributed by atoms with Crippen molar-refractivity contribution in [2.45, 2.75) is 13.0 Å². The van der Waals surface area contributed by atoms with Gasteiger partial charge in [0.15, 0.2) is 0 Å². The summed E-state index contributed by atoms with van der Waals surface area (Å²) in [5, 5.41) is 7.37. The highest BCUT2D eigenvalue weighted by molar-refractivity contribution is 5.92. The van der Waals surface area contributed by atoms with E-state index in [-0.39, 0.29) is 23.2 Å². The first-order valence-electron chi connectivity index (χ1n) is 7.44. The maximum atomic E-state index is 13.0. The van der Waals surface area contributed by atoms with Gasteiger partial charge in [-0.2, -0.15) is 9.78 Å². The molecule has 6 nitrogen and oxygen atoms in total. The summed E-state index contributed by atoms with van der Waals surface area (Å²) in [5.41, 5.74) is 0.239. The van der Waals surface area contributed by atoms with Crippen molar-refractivity contribution in [1.29, 1.82) is 0 Å².